The van der Waals surface area contributed by atoms with Crippen LogP contribution in [-0.4, -0.2) is 24.1 Å². The Morgan fingerprint density at radius 2 is 2.00 bits per heavy atom. The molecule has 1 heterocycles. The lowest BCUT2D eigenvalue weighted by molar-refractivity contribution is 0.587. The first kappa shape index (κ1) is 16.3. The number of aryl methyl sites for hydroxylation is 1. The van der Waals surface area contributed by atoms with Crippen molar-refractivity contribution >= 4 is 5.82 Å². The summed E-state index contributed by atoms with van der Waals surface area (Å²) in [5, 5.41) is 3.52. The molecule has 1 N–H and O–H groups in total. The fraction of sp³-hybridized carbons (Fsp3) is 0.722. The maximum Gasteiger partial charge on any atom is 0.129 e. The van der Waals surface area contributed by atoms with E-state index in [1.807, 2.05) is 0 Å². The summed E-state index contributed by atoms with van der Waals surface area (Å²) in [5.74, 6) is 1.16. The number of hydrogen-bond donors (Lipinski definition) is 1. The first-order valence-corrected chi connectivity index (χ1v) is 8.56. The molecule has 0 atom stereocenters. The summed E-state index contributed by atoms with van der Waals surface area (Å²) in [4.78, 5) is 7.30. The molecule has 3 nitrogen and oxygen atoms in total. The smallest absolute Gasteiger partial charge is 0.129 e. The van der Waals surface area contributed by atoms with Crippen LogP contribution in [0.3, 0.4) is 0 Å². The minimum atomic E-state index is 0.517. The lowest BCUT2D eigenvalue weighted by Crippen LogP contribution is -2.30. The van der Waals surface area contributed by atoms with Crippen LogP contribution in [0.4, 0.5) is 5.82 Å². The molecule has 1 saturated carbocycles. The SMILES string of the molecule is CCCc1cc(CNC(C)C)cc(N(C)C2CCCC2)n1. The van der Waals surface area contributed by atoms with Crippen molar-refractivity contribution in [1.82, 2.24) is 10.3 Å². The maximum absolute atomic E-state index is 4.89. The van der Waals surface area contributed by atoms with Crippen LogP contribution < -0.4 is 10.2 Å². The first-order chi connectivity index (χ1) is 10.1. The minimum Gasteiger partial charge on any atom is -0.357 e. The normalized spacial score (nSPS) is 15.9. The van der Waals surface area contributed by atoms with E-state index in [1.54, 1.807) is 0 Å². The number of hydrogen-bond acceptors (Lipinski definition) is 3. The molecule has 21 heavy (non-hydrogen) atoms. The molecule has 2 rings (SSSR count). The number of pyridine rings is 1. The Kier molecular flexibility index (Phi) is 6.04. The molecule has 0 bridgehead atoms. The van der Waals surface area contributed by atoms with Crippen LogP contribution >= 0.6 is 0 Å². The molecule has 0 amide bonds. The molecule has 3 heteroatoms. The summed E-state index contributed by atoms with van der Waals surface area (Å²) >= 11 is 0. The molecule has 1 fully saturated rings. The molecule has 0 aromatic carbocycles. The topological polar surface area (TPSA) is 28.2 Å². The molecule has 0 radical (unpaired) electrons. The molecule has 0 aliphatic heterocycles. The zero-order valence-electron chi connectivity index (χ0n) is 14.2. The van der Waals surface area contributed by atoms with Gasteiger partial charge in [0.15, 0.2) is 0 Å². The van der Waals surface area contributed by atoms with Crippen molar-refractivity contribution in [3.8, 4) is 0 Å². The molecule has 118 valence electrons. The van der Waals surface area contributed by atoms with Crippen molar-refractivity contribution in [2.45, 2.75) is 77.9 Å². The van der Waals surface area contributed by atoms with Gasteiger partial charge in [0.2, 0.25) is 0 Å². The Hall–Kier alpha value is -1.09. The zero-order valence-corrected chi connectivity index (χ0v) is 14.2. The zero-order chi connectivity index (χ0) is 15.2. The summed E-state index contributed by atoms with van der Waals surface area (Å²) in [6.07, 6.45) is 7.59. The van der Waals surface area contributed by atoms with Gasteiger partial charge in [-0.1, -0.05) is 40.0 Å². The molecule has 0 spiro atoms. The third kappa shape index (κ3) is 4.70. The van der Waals surface area contributed by atoms with E-state index < -0.39 is 0 Å². The number of rotatable bonds is 7. The fourth-order valence-electron chi connectivity index (χ4n) is 3.10. The van der Waals surface area contributed by atoms with Crippen molar-refractivity contribution in [2.24, 2.45) is 0 Å². The standard InChI is InChI=1S/C18H31N3/c1-5-8-16-11-15(13-19-14(2)3)12-18(20-16)21(4)17-9-6-7-10-17/h11-12,14,17,19H,5-10,13H2,1-4H3. The van der Waals surface area contributed by atoms with Gasteiger partial charge in [0.05, 0.1) is 0 Å². The summed E-state index contributed by atoms with van der Waals surface area (Å²) in [6, 6.07) is 5.74. The number of nitrogens with one attached hydrogen (secondary N) is 1. The van der Waals surface area contributed by atoms with Crippen LogP contribution in [0, 0.1) is 0 Å². The molecular weight excluding hydrogens is 258 g/mol. The van der Waals surface area contributed by atoms with Crippen molar-refractivity contribution in [2.75, 3.05) is 11.9 Å². The highest BCUT2D eigenvalue weighted by Crippen LogP contribution is 2.26. The Morgan fingerprint density at radius 1 is 1.29 bits per heavy atom. The fourth-order valence-corrected chi connectivity index (χ4v) is 3.10. The Labute approximate surface area is 130 Å². The molecule has 1 aliphatic rings. The van der Waals surface area contributed by atoms with Crippen molar-refractivity contribution in [3.05, 3.63) is 23.4 Å². The van der Waals surface area contributed by atoms with Crippen molar-refractivity contribution in [1.29, 1.82) is 0 Å². The van der Waals surface area contributed by atoms with E-state index in [4.69, 9.17) is 4.98 Å². The molecule has 0 saturated heterocycles. The lowest BCUT2D eigenvalue weighted by Gasteiger charge is -2.26. The van der Waals surface area contributed by atoms with Gasteiger partial charge in [0.1, 0.15) is 5.82 Å². The van der Waals surface area contributed by atoms with Gasteiger partial charge in [0.25, 0.3) is 0 Å². The highest BCUT2D eigenvalue weighted by atomic mass is 15.2. The molecular formula is C18H31N3. The van der Waals surface area contributed by atoms with Crippen LogP contribution in [0.15, 0.2) is 12.1 Å². The van der Waals surface area contributed by atoms with E-state index in [1.165, 1.54) is 36.9 Å². The summed E-state index contributed by atoms with van der Waals surface area (Å²) in [5.41, 5.74) is 2.60. The molecule has 0 unspecified atom stereocenters. The van der Waals surface area contributed by atoms with E-state index in [0.29, 0.717) is 12.1 Å². The molecule has 1 aromatic heterocycles. The predicted octanol–water partition coefficient (Wildman–Crippen LogP) is 3.91. The summed E-state index contributed by atoms with van der Waals surface area (Å²) in [7, 11) is 2.22. The van der Waals surface area contributed by atoms with E-state index in [-0.39, 0.29) is 0 Å². The summed E-state index contributed by atoms with van der Waals surface area (Å²) < 4.78 is 0. The minimum absolute atomic E-state index is 0.517. The van der Waals surface area contributed by atoms with Gasteiger partial charge >= 0.3 is 0 Å². The van der Waals surface area contributed by atoms with Gasteiger partial charge in [-0.05, 0) is 37.0 Å². The number of aromatic nitrogens is 1. The largest absolute Gasteiger partial charge is 0.357 e. The second kappa shape index (κ2) is 7.79. The lowest BCUT2D eigenvalue weighted by atomic mass is 10.1. The number of nitrogens with zero attached hydrogens (tertiary/aromatic N) is 2. The Morgan fingerprint density at radius 3 is 2.62 bits per heavy atom. The molecule has 1 aromatic rings. The Bertz CT molecular complexity index is 436. The van der Waals surface area contributed by atoms with Gasteiger partial charge in [-0.3, -0.25) is 0 Å². The average Bonchev–Trinajstić information content (AvgIpc) is 2.98. The van der Waals surface area contributed by atoms with E-state index in [9.17, 15) is 0 Å². The first-order valence-electron chi connectivity index (χ1n) is 8.56. The van der Waals surface area contributed by atoms with Gasteiger partial charge in [-0.25, -0.2) is 4.98 Å². The van der Waals surface area contributed by atoms with Crippen LogP contribution in [0.1, 0.15) is 64.1 Å². The van der Waals surface area contributed by atoms with Gasteiger partial charge in [-0.2, -0.15) is 0 Å². The van der Waals surface area contributed by atoms with Crippen LogP contribution in [0.25, 0.3) is 0 Å². The monoisotopic (exact) mass is 289 g/mol. The van der Waals surface area contributed by atoms with Crippen LogP contribution in [-0.2, 0) is 13.0 Å². The highest BCUT2D eigenvalue weighted by Gasteiger charge is 2.21. The van der Waals surface area contributed by atoms with E-state index in [0.717, 1.165) is 25.2 Å². The van der Waals surface area contributed by atoms with E-state index in [2.05, 4.69) is 50.2 Å². The summed E-state index contributed by atoms with van der Waals surface area (Å²) in [6.45, 7) is 7.54. The maximum atomic E-state index is 4.89. The van der Waals surface area contributed by atoms with Crippen molar-refractivity contribution < 1.29 is 0 Å². The second-order valence-electron chi connectivity index (χ2n) is 6.66. The number of anilines is 1. The van der Waals surface area contributed by atoms with Crippen LogP contribution in [0.2, 0.25) is 0 Å². The van der Waals surface area contributed by atoms with Gasteiger partial charge in [-0.15, -0.1) is 0 Å². The third-order valence-electron chi connectivity index (χ3n) is 4.38. The highest BCUT2D eigenvalue weighted by molar-refractivity contribution is 5.43. The van der Waals surface area contributed by atoms with Gasteiger partial charge in [0, 0.05) is 31.4 Å². The Balaban J connectivity index is 2.17. The quantitative estimate of drug-likeness (QED) is 0.825. The van der Waals surface area contributed by atoms with Crippen LogP contribution in [0.5, 0.6) is 0 Å². The van der Waals surface area contributed by atoms with E-state index >= 15 is 0 Å². The predicted molar refractivity (Wildman–Crippen MR) is 90.9 cm³/mol. The van der Waals surface area contributed by atoms with Gasteiger partial charge < -0.3 is 10.2 Å². The third-order valence-corrected chi connectivity index (χ3v) is 4.38. The molecule has 1 aliphatic carbocycles. The van der Waals surface area contributed by atoms with Crippen molar-refractivity contribution in [3.63, 3.8) is 0 Å². The average molecular weight is 289 g/mol. The second-order valence-corrected chi connectivity index (χ2v) is 6.66.